The van der Waals surface area contributed by atoms with E-state index in [2.05, 4.69) is 34.6 Å². The molecule has 0 aliphatic heterocycles. The predicted molar refractivity (Wildman–Crippen MR) is 87.2 cm³/mol. The Hall–Kier alpha value is -1.81. The van der Waals surface area contributed by atoms with E-state index in [1.807, 2.05) is 24.9 Å². The van der Waals surface area contributed by atoms with Crippen LogP contribution in [0.15, 0.2) is 30.5 Å². The molecule has 1 aromatic carbocycles. The molecule has 0 aliphatic carbocycles. The molecule has 114 valence electrons. The Morgan fingerprint density at radius 2 is 2.05 bits per heavy atom. The molecule has 0 fully saturated rings. The van der Waals surface area contributed by atoms with E-state index in [1.165, 1.54) is 16.5 Å². The Bertz CT molecular complexity index is 572. The molecule has 2 rings (SSSR count). The second-order valence-corrected chi connectivity index (χ2v) is 5.20. The van der Waals surface area contributed by atoms with Crippen molar-refractivity contribution in [2.75, 3.05) is 19.6 Å². The molecular formula is C17H25N3O. The molecule has 1 amide bonds. The Morgan fingerprint density at radius 1 is 1.24 bits per heavy atom. The van der Waals surface area contributed by atoms with E-state index in [9.17, 15) is 4.79 Å². The number of hydrogen-bond acceptors (Lipinski definition) is 2. The van der Waals surface area contributed by atoms with Crippen LogP contribution in [0.2, 0.25) is 0 Å². The van der Waals surface area contributed by atoms with Crippen molar-refractivity contribution in [2.45, 2.75) is 33.2 Å². The van der Waals surface area contributed by atoms with Gasteiger partial charge in [-0.2, -0.15) is 0 Å². The van der Waals surface area contributed by atoms with Crippen molar-refractivity contribution in [1.29, 1.82) is 0 Å². The molecule has 4 heteroatoms. The van der Waals surface area contributed by atoms with Gasteiger partial charge in [-0.25, -0.2) is 0 Å². The molecule has 0 aliphatic rings. The van der Waals surface area contributed by atoms with E-state index < -0.39 is 0 Å². The number of aromatic nitrogens is 1. The molecule has 0 bridgehead atoms. The number of carbonyl (C=O) groups is 1. The topological polar surface area (TPSA) is 48.1 Å². The zero-order valence-corrected chi connectivity index (χ0v) is 13.0. The van der Waals surface area contributed by atoms with Gasteiger partial charge in [0.1, 0.15) is 0 Å². The lowest BCUT2D eigenvalue weighted by molar-refractivity contribution is -0.130. The lowest BCUT2D eigenvalue weighted by atomic mass is 10.1. The molecule has 2 N–H and O–H groups in total. The van der Waals surface area contributed by atoms with Gasteiger partial charge in [0.2, 0.25) is 5.91 Å². The summed E-state index contributed by atoms with van der Waals surface area (Å²) < 4.78 is 0. The minimum atomic E-state index is 0.259. The van der Waals surface area contributed by atoms with Crippen molar-refractivity contribution in [3.63, 3.8) is 0 Å². The lowest BCUT2D eigenvalue weighted by Crippen LogP contribution is -2.30. The fourth-order valence-electron chi connectivity index (χ4n) is 2.63. The maximum Gasteiger partial charge on any atom is 0.222 e. The van der Waals surface area contributed by atoms with E-state index in [4.69, 9.17) is 0 Å². The second-order valence-electron chi connectivity index (χ2n) is 5.20. The number of H-pyrrole nitrogens is 1. The third-order valence-corrected chi connectivity index (χ3v) is 3.86. The zero-order chi connectivity index (χ0) is 15.1. The Balaban J connectivity index is 1.73. The first-order valence-electron chi connectivity index (χ1n) is 7.79. The normalized spacial score (nSPS) is 11.0. The average Bonchev–Trinajstić information content (AvgIpc) is 2.97. The minimum absolute atomic E-state index is 0.259. The molecular weight excluding hydrogens is 262 g/mol. The van der Waals surface area contributed by atoms with Crippen LogP contribution in [0.4, 0.5) is 0 Å². The average molecular weight is 287 g/mol. The number of rotatable bonds is 8. The highest BCUT2D eigenvalue weighted by Gasteiger charge is 2.08. The van der Waals surface area contributed by atoms with Crippen LogP contribution in [0.5, 0.6) is 0 Å². The van der Waals surface area contributed by atoms with Crippen LogP contribution in [-0.2, 0) is 11.3 Å². The first-order valence-corrected chi connectivity index (χ1v) is 7.79. The van der Waals surface area contributed by atoms with Gasteiger partial charge in [0.25, 0.3) is 0 Å². The fourth-order valence-corrected chi connectivity index (χ4v) is 2.63. The highest BCUT2D eigenvalue weighted by Crippen LogP contribution is 2.16. The van der Waals surface area contributed by atoms with Crippen LogP contribution in [0, 0.1) is 0 Å². The molecule has 0 saturated heterocycles. The van der Waals surface area contributed by atoms with Crippen LogP contribution in [0.25, 0.3) is 10.9 Å². The van der Waals surface area contributed by atoms with Gasteiger partial charge in [-0.05, 0) is 44.5 Å². The van der Waals surface area contributed by atoms with Crippen LogP contribution in [-0.4, -0.2) is 35.4 Å². The standard InChI is InChI=1S/C17H25N3O/c1-3-20(4-2)17(21)9-6-11-18-13-14-7-5-8-16-15(14)10-12-19-16/h5,7-8,10,12,18-19H,3-4,6,9,11,13H2,1-2H3. The molecule has 0 unspecified atom stereocenters. The lowest BCUT2D eigenvalue weighted by Gasteiger charge is -2.18. The van der Waals surface area contributed by atoms with E-state index >= 15 is 0 Å². The maximum atomic E-state index is 11.9. The number of carbonyl (C=O) groups excluding carboxylic acids is 1. The summed E-state index contributed by atoms with van der Waals surface area (Å²) in [7, 11) is 0. The monoisotopic (exact) mass is 287 g/mol. The van der Waals surface area contributed by atoms with Gasteiger partial charge in [-0.15, -0.1) is 0 Å². The quantitative estimate of drug-likeness (QED) is 0.733. The van der Waals surface area contributed by atoms with Crippen molar-refractivity contribution < 1.29 is 4.79 Å². The smallest absolute Gasteiger partial charge is 0.222 e. The fraction of sp³-hybridized carbons (Fsp3) is 0.471. The number of nitrogens with one attached hydrogen (secondary N) is 2. The summed E-state index contributed by atoms with van der Waals surface area (Å²) in [5, 5.41) is 4.70. The minimum Gasteiger partial charge on any atom is -0.361 e. The summed E-state index contributed by atoms with van der Waals surface area (Å²) in [4.78, 5) is 17.0. The van der Waals surface area contributed by atoms with Gasteiger partial charge in [0.15, 0.2) is 0 Å². The molecule has 21 heavy (non-hydrogen) atoms. The van der Waals surface area contributed by atoms with Crippen molar-refractivity contribution in [3.05, 3.63) is 36.0 Å². The van der Waals surface area contributed by atoms with Crippen LogP contribution in [0.1, 0.15) is 32.3 Å². The van der Waals surface area contributed by atoms with Crippen LogP contribution >= 0.6 is 0 Å². The molecule has 1 aromatic heterocycles. The summed E-state index contributed by atoms with van der Waals surface area (Å²) in [5.41, 5.74) is 2.47. The maximum absolute atomic E-state index is 11.9. The number of fused-ring (bicyclic) bond motifs is 1. The zero-order valence-electron chi connectivity index (χ0n) is 13.0. The molecule has 1 heterocycles. The highest BCUT2D eigenvalue weighted by atomic mass is 16.2. The van der Waals surface area contributed by atoms with Gasteiger partial charge in [-0.3, -0.25) is 4.79 Å². The molecule has 0 atom stereocenters. The number of nitrogens with zero attached hydrogens (tertiary/aromatic N) is 1. The highest BCUT2D eigenvalue weighted by molar-refractivity contribution is 5.82. The number of amides is 1. The van der Waals surface area contributed by atoms with Crippen molar-refractivity contribution in [2.24, 2.45) is 0 Å². The molecule has 4 nitrogen and oxygen atoms in total. The summed E-state index contributed by atoms with van der Waals surface area (Å²) in [5.74, 6) is 0.259. The third-order valence-electron chi connectivity index (χ3n) is 3.86. The van der Waals surface area contributed by atoms with Crippen LogP contribution < -0.4 is 5.32 Å². The van der Waals surface area contributed by atoms with Crippen LogP contribution in [0.3, 0.4) is 0 Å². The summed E-state index contributed by atoms with van der Waals surface area (Å²) in [6.45, 7) is 7.37. The molecule has 0 radical (unpaired) electrons. The second kappa shape index (κ2) is 7.84. The largest absolute Gasteiger partial charge is 0.361 e. The van der Waals surface area contributed by atoms with E-state index in [0.717, 1.165) is 32.6 Å². The Kier molecular flexibility index (Phi) is 5.81. The number of hydrogen-bond donors (Lipinski definition) is 2. The predicted octanol–water partition coefficient (Wildman–Crippen LogP) is 2.91. The summed E-state index contributed by atoms with van der Waals surface area (Å²) >= 11 is 0. The van der Waals surface area contributed by atoms with Gasteiger partial charge >= 0.3 is 0 Å². The van der Waals surface area contributed by atoms with Gasteiger partial charge in [-0.1, -0.05) is 12.1 Å². The van der Waals surface area contributed by atoms with Gasteiger partial charge in [0.05, 0.1) is 0 Å². The van der Waals surface area contributed by atoms with Crippen molar-refractivity contribution in [1.82, 2.24) is 15.2 Å². The number of aromatic amines is 1. The molecule has 0 spiro atoms. The van der Waals surface area contributed by atoms with E-state index in [-0.39, 0.29) is 5.91 Å². The third kappa shape index (κ3) is 4.08. The molecule has 0 saturated carbocycles. The first kappa shape index (κ1) is 15.6. The Morgan fingerprint density at radius 3 is 2.81 bits per heavy atom. The van der Waals surface area contributed by atoms with Crippen molar-refractivity contribution >= 4 is 16.8 Å². The van der Waals surface area contributed by atoms with E-state index in [1.54, 1.807) is 0 Å². The molecule has 2 aromatic rings. The van der Waals surface area contributed by atoms with E-state index in [0.29, 0.717) is 6.42 Å². The summed E-state index contributed by atoms with van der Waals surface area (Å²) in [6, 6.07) is 8.40. The van der Waals surface area contributed by atoms with Crippen molar-refractivity contribution in [3.8, 4) is 0 Å². The summed E-state index contributed by atoms with van der Waals surface area (Å²) in [6.07, 6.45) is 3.48. The first-order chi connectivity index (χ1) is 10.3. The van der Waals surface area contributed by atoms with Gasteiger partial charge < -0.3 is 15.2 Å². The SMILES string of the molecule is CCN(CC)C(=O)CCCNCc1cccc2[nH]ccc12. The number of benzene rings is 1. The Labute approximate surface area is 126 Å². The van der Waals surface area contributed by atoms with Gasteiger partial charge in [0, 0.05) is 43.2 Å².